The van der Waals surface area contributed by atoms with Crippen molar-refractivity contribution in [3.63, 3.8) is 0 Å². The Morgan fingerprint density at radius 1 is 1.45 bits per heavy atom. The van der Waals surface area contributed by atoms with E-state index in [-0.39, 0.29) is 11.4 Å². The van der Waals surface area contributed by atoms with Crippen molar-refractivity contribution in [2.24, 2.45) is 0 Å². The van der Waals surface area contributed by atoms with Crippen molar-refractivity contribution in [1.29, 1.82) is 0 Å². The Hall–Kier alpha value is -1.48. The lowest BCUT2D eigenvalue weighted by molar-refractivity contribution is -0.122. The number of rotatable bonds is 6. The maximum atomic E-state index is 12.2. The first-order valence-corrected chi connectivity index (χ1v) is 9.11. The first-order valence-electron chi connectivity index (χ1n) is 6.31. The Morgan fingerprint density at radius 2 is 2.23 bits per heavy atom. The number of thiazole rings is 1. The summed E-state index contributed by atoms with van der Waals surface area (Å²) in [6.07, 6.45) is 0. The molecule has 0 aliphatic heterocycles. The molecular weight excluding hydrogens is 346 g/mol. The molecule has 0 radical (unpaired) electrons. The second kappa shape index (κ2) is 7.19. The van der Waals surface area contributed by atoms with Gasteiger partial charge in [-0.05, 0) is 25.1 Å². The molecule has 1 aromatic carbocycles. The minimum atomic E-state index is -3.81. The summed E-state index contributed by atoms with van der Waals surface area (Å²) >= 11 is 7.20. The van der Waals surface area contributed by atoms with Gasteiger partial charge in [-0.3, -0.25) is 4.79 Å². The van der Waals surface area contributed by atoms with E-state index >= 15 is 0 Å². The first-order chi connectivity index (χ1) is 10.4. The van der Waals surface area contributed by atoms with Gasteiger partial charge in [0.25, 0.3) is 0 Å². The molecule has 0 saturated carbocycles. The molecule has 1 atom stereocenters. The summed E-state index contributed by atoms with van der Waals surface area (Å²) < 4.78 is 26.7. The Kier molecular flexibility index (Phi) is 5.52. The van der Waals surface area contributed by atoms with E-state index in [9.17, 15) is 13.2 Å². The van der Waals surface area contributed by atoms with Crippen LogP contribution in [0.1, 0.15) is 12.6 Å². The monoisotopic (exact) mass is 359 g/mol. The molecule has 9 heteroatoms. The Bertz CT molecular complexity index is 748. The molecule has 0 aliphatic rings. The fraction of sp³-hybridized carbons (Fsp3) is 0.231. The number of nitrogens with zero attached hydrogens (tertiary/aromatic N) is 1. The Balaban J connectivity index is 1.98. The molecule has 2 N–H and O–H groups in total. The van der Waals surface area contributed by atoms with Crippen molar-refractivity contribution >= 4 is 38.9 Å². The first kappa shape index (κ1) is 16.9. The van der Waals surface area contributed by atoms with Crippen LogP contribution in [0.2, 0.25) is 5.02 Å². The predicted octanol–water partition coefficient (Wildman–Crippen LogP) is 1.78. The highest BCUT2D eigenvalue weighted by atomic mass is 35.5. The number of hydrogen-bond acceptors (Lipinski definition) is 5. The number of nitrogens with one attached hydrogen (secondary N) is 2. The minimum Gasteiger partial charge on any atom is -0.349 e. The lowest BCUT2D eigenvalue weighted by atomic mass is 10.3. The summed E-state index contributed by atoms with van der Waals surface area (Å²) in [6, 6.07) is 4.93. The summed E-state index contributed by atoms with van der Waals surface area (Å²) in [7, 11) is -3.81. The SMILES string of the molecule is C[C@H](NS(=O)(=O)c1cccc(Cl)c1)C(=O)NCc1cscn1. The van der Waals surface area contributed by atoms with Crippen LogP contribution in [0.5, 0.6) is 0 Å². The largest absolute Gasteiger partial charge is 0.349 e. The molecule has 0 spiro atoms. The van der Waals surface area contributed by atoms with E-state index in [0.29, 0.717) is 5.02 Å². The Labute approximate surface area is 137 Å². The number of aromatic nitrogens is 1. The number of benzene rings is 1. The van der Waals surface area contributed by atoms with Crippen molar-refractivity contribution in [1.82, 2.24) is 15.0 Å². The highest BCUT2D eigenvalue weighted by molar-refractivity contribution is 7.89. The zero-order chi connectivity index (χ0) is 16.2. The molecule has 0 saturated heterocycles. The van der Waals surface area contributed by atoms with Gasteiger partial charge in [-0.15, -0.1) is 11.3 Å². The molecule has 6 nitrogen and oxygen atoms in total. The van der Waals surface area contributed by atoms with Crippen molar-refractivity contribution < 1.29 is 13.2 Å². The molecule has 0 aliphatic carbocycles. The third-order valence-electron chi connectivity index (χ3n) is 2.76. The van der Waals surface area contributed by atoms with Crippen LogP contribution < -0.4 is 10.0 Å². The van der Waals surface area contributed by atoms with Crippen LogP contribution in [0.15, 0.2) is 40.1 Å². The highest BCUT2D eigenvalue weighted by Crippen LogP contribution is 2.15. The topological polar surface area (TPSA) is 88.2 Å². The fourth-order valence-electron chi connectivity index (χ4n) is 1.64. The van der Waals surface area contributed by atoms with Gasteiger partial charge >= 0.3 is 0 Å². The number of sulfonamides is 1. The molecule has 0 bridgehead atoms. The van der Waals surface area contributed by atoms with Gasteiger partial charge < -0.3 is 5.32 Å². The van der Waals surface area contributed by atoms with Crippen LogP contribution in [-0.2, 0) is 21.4 Å². The van der Waals surface area contributed by atoms with Crippen LogP contribution in [-0.4, -0.2) is 25.4 Å². The maximum absolute atomic E-state index is 12.2. The van der Waals surface area contributed by atoms with Crippen molar-refractivity contribution in [3.8, 4) is 0 Å². The fourth-order valence-corrected chi connectivity index (χ4v) is 3.71. The van der Waals surface area contributed by atoms with E-state index in [4.69, 9.17) is 11.6 Å². The summed E-state index contributed by atoms with van der Waals surface area (Å²) in [4.78, 5) is 16.0. The van der Waals surface area contributed by atoms with Gasteiger partial charge in [-0.25, -0.2) is 13.4 Å². The van der Waals surface area contributed by atoms with Crippen LogP contribution in [0, 0.1) is 0 Å². The lowest BCUT2D eigenvalue weighted by Crippen LogP contribution is -2.44. The third kappa shape index (κ3) is 4.51. The van der Waals surface area contributed by atoms with Crippen LogP contribution in [0.25, 0.3) is 0 Å². The number of carbonyl (C=O) groups excluding carboxylic acids is 1. The van der Waals surface area contributed by atoms with E-state index in [1.807, 2.05) is 0 Å². The van der Waals surface area contributed by atoms with Gasteiger partial charge in [0.2, 0.25) is 15.9 Å². The summed E-state index contributed by atoms with van der Waals surface area (Å²) in [6.45, 7) is 1.73. The third-order valence-corrected chi connectivity index (χ3v) is 5.17. The molecule has 2 aromatic rings. The zero-order valence-corrected chi connectivity index (χ0v) is 14.0. The van der Waals surface area contributed by atoms with E-state index in [0.717, 1.165) is 5.69 Å². The van der Waals surface area contributed by atoms with Gasteiger partial charge in [-0.2, -0.15) is 4.72 Å². The van der Waals surface area contributed by atoms with Gasteiger partial charge in [-0.1, -0.05) is 17.7 Å². The number of amides is 1. The van der Waals surface area contributed by atoms with Gasteiger partial charge in [0.15, 0.2) is 0 Å². The van der Waals surface area contributed by atoms with Crippen LogP contribution in [0.3, 0.4) is 0 Å². The van der Waals surface area contributed by atoms with Gasteiger partial charge in [0.05, 0.1) is 28.7 Å². The molecule has 2 rings (SSSR count). The number of halogens is 1. The summed E-state index contributed by atoms with van der Waals surface area (Å²) in [5.41, 5.74) is 2.38. The second-order valence-electron chi connectivity index (χ2n) is 4.50. The van der Waals surface area contributed by atoms with E-state index in [1.165, 1.54) is 36.5 Å². The zero-order valence-electron chi connectivity index (χ0n) is 11.6. The second-order valence-corrected chi connectivity index (χ2v) is 7.37. The smallest absolute Gasteiger partial charge is 0.241 e. The molecule has 1 heterocycles. The standard InChI is InChI=1S/C13H14ClN3O3S2/c1-9(13(18)15-6-11-7-21-8-16-11)17-22(19,20)12-4-2-3-10(14)5-12/h2-5,7-9,17H,6H2,1H3,(H,15,18)/t9-/m0/s1. The molecule has 1 aromatic heterocycles. The van der Waals surface area contributed by atoms with Crippen molar-refractivity contribution in [3.05, 3.63) is 45.9 Å². The highest BCUT2D eigenvalue weighted by Gasteiger charge is 2.22. The molecule has 22 heavy (non-hydrogen) atoms. The van der Waals surface area contributed by atoms with E-state index < -0.39 is 22.0 Å². The van der Waals surface area contributed by atoms with Gasteiger partial charge in [0, 0.05) is 10.4 Å². The molecule has 1 amide bonds. The van der Waals surface area contributed by atoms with E-state index in [1.54, 1.807) is 17.0 Å². The quantitative estimate of drug-likeness (QED) is 0.822. The average Bonchev–Trinajstić information content (AvgIpc) is 2.97. The van der Waals surface area contributed by atoms with E-state index in [2.05, 4.69) is 15.0 Å². The minimum absolute atomic E-state index is 0.0131. The molecular formula is C13H14ClN3O3S2. The van der Waals surface area contributed by atoms with Gasteiger partial charge in [0.1, 0.15) is 0 Å². The summed E-state index contributed by atoms with van der Waals surface area (Å²) in [5, 5.41) is 4.74. The lowest BCUT2D eigenvalue weighted by Gasteiger charge is -2.14. The average molecular weight is 360 g/mol. The van der Waals surface area contributed by atoms with Crippen LogP contribution >= 0.6 is 22.9 Å². The normalized spacial score (nSPS) is 12.8. The van der Waals surface area contributed by atoms with Crippen LogP contribution in [0.4, 0.5) is 0 Å². The number of hydrogen-bond donors (Lipinski definition) is 2. The van der Waals surface area contributed by atoms with Crippen molar-refractivity contribution in [2.75, 3.05) is 0 Å². The van der Waals surface area contributed by atoms with Crippen molar-refractivity contribution in [2.45, 2.75) is 24.4 Å². The predicted molar refractivity (Wildman–Crippen MR) is 85.2 cm³/mol. The molecule has 118 valence electrons. The molecule has 0 fully saturated rings. The summed E-state index contributed by atoms with van der Waals surface area (Å²) in [5.74, 6) is -0.432. The Morgan fingerprint density at radius 3 is 2.86 bits per heavy atom. The maximum Gasteiger partial charge on any atom is 0.241 e. The molecule has 0 unspecified atom stereocenters. The number of carbonyl (C=O) groups is 1.